The van der Waals surface area contributed by atoms with Crippen LogP contribution < -0.4 is 4.74 Å². The van der Waals surface area contributed by atoms with Crippen LogP contribution in [0.25, 0.3) is 0 Å². The highest BCUT2D eigenvalue weighted by atomic mass is 16.5. The van der Waals surface area contributed by atoms with Crippen molar-refractivity contribution in [2.75, 3.05) is 6.61 Å². The van der Waals surface area contributed by atoms with Gasteiger partial charge in [0.25, 0.3) is 0 Å². The zero-order valence-corrected chi connectivity index (χ0v) is 11.6. The fourth-order valence-corrected chi connectivity index (χ4v) is 1.46. The molecule has 0 atom stereocenters. The lowest BCUT2D eigenvalue weighted by Crippen LogP contribution is -2.31. The standard InChI is InChI=1S/C15H24O2/c1-14(2,3)16-12-11-15(4,5)17-13-9-7-6-8-10-13/h6-10H,11-12H2,1-5H3. The van der Waals surface area contributed by atoms with Crippen molar-refractivity contribution in [1.82, 2.24) is 0 Å². The maximum Gasteiger partial charge on any atom is 0.120 e. The van der Waals surface area contributed by atoms with Gasteiger partial charge in [0.2, 0.25) is 0 Å². The Morgan fingerprint density at radius 2 is 1.53 bits per heavy atom. The van der Waals surface area contributed by atoms with Crippen molar-refractivity contribution < 1.29 is 9.47 Å². The average Bonchev–Trinajstić information content (AvgIpc) is 2.15. The van der Waals surface area contributed by atoms with E-state index in [0.717, 1.165) is 12.2 Å². The second kappa shape index (κ2) is 5.54. The second-order valence-electron chi connectivity index (χ2n) is 5.89. The summed E-state index contributed by atoms with van der Waals surface area (Å²) in [6.07, 6.45) is 0.874. The molecule has 0 heterocycles. The quantitative estimate of drug-likeness (QED) is 0.768. The van der Waals surface area contributed by atoms with Gasteiger partial charge in [-0.15, -0.1) is 0 Å². The molecule has 96 valence electrons. The summed E-state index contributed by atoms with van der Waals surface area (Å²) in [4.78, 5) is 0. The van der Waals surface area contributed by atoms with Crippen LogP contribution in [0.5, 0.6) is 5.75 Å². The Balaban J connectivity index is 2.41. The summed E-state index contributed by atoms with van der Waals surface area (Å²) in [5.74, 6) is 0.910. The summed E-state index contributed by atoms with van der Waals surface area (Å²) in [7, 11) is 0. The van der Waals surface area contributed by atoms with Gasteiger partial charge in [0.15, 0.2) is 0 Å². The van der Waals surface area contributed by atoms with Crippen LogP contribution in [0.4, 0.5) is 0 Å². The molecule has 0 radical (unpaired) electrons. The minimum absolute atomic E-state index is 0.0805. The first-order chi connectivity index (χ1) is 7.79. The van der Waals surface area contributed by atoms with Crippen molar-refractivity contribution in [2.24, 2.45) is 0 Å². The molecular weight excluding hydrogens is 212 g/mol. The number of benzene rings is 1. The fourth-order valence-electron chi connectivity index (χ4n) is 1.46. The predicted octanol–water partition coefficient (Wildman–Crippen LogP) is 4.05. The molecule has 0 aliphatic carbocycles. The molecule has 1 rings (SSSR count). The van der Waals surface area contributed by atoms with Crippen molar-refractivity contribution >= 4 is 0 Å². The van der Waals surface area contributed by atoms with Gasteiger partial charge in [0, 0.05) is 6.42 Å². The SMILES string of the molecule is CC(C)(C)OCCC(C)(C)Oc1ccccc1. The van der Waals surface area contributed by atoms with E-state index in [1.54, 1.807) is 0 Å². The van der Waals surface area contributed by atoms with Gasteiger partial charge in [-0.1, -0.05) is 18.2 Å². The van der Waals surface area contributed by atoms with Crippen molar-refractivity contribution in [3.63, 3.8) is 0 Å². The van der Waals surface area contributed by atoms with Gasteiger partial charge in [-0.25, -0.2) is 0 Å². The van der Waals surface area contributed by atoms with Crippen molar-refractivity contribution in [1.29, 1.82) is 0 Å². The first-order valence-electron chi connectivity index (χ1n) is 6.17. The first kappa shape index (κ1) is 14.0. The molecular formula is C15H24O2. The first-order valence-corrected chi connectivity index (χ1v) is 6.17. The Morgan fingerprint density at radius 3 is 2.06 bits per heavy atom. The van der Waals surface area contributed by atoms with Crippen LogP contribution in [-0.2, 0) is 4.74 Å². The molecule has 0 N–H and O–H groups in total. The molecule has 0 fully saturated rings. The highest BCUT2D eigenvalue weighted by Gasteiger charge is 2.21. The van der Waals surface area contributed by atoms with Crippen LogP contribution in [0, 0.1) is 0 Å². The van der Waals surface area contributed by atoms with Crippen molar-refractivity contribution in [3.8, 4) is 5.75 Å². The molecule has 2 nitrogen and oxygen atoms in total. The molecule has 0 spiro atoms. The van der Waals surface area contributed by atoms with Gasteiger partial charge < -0.3 is 9.47 Å². The number of ether oxygens (including phenoxy) is 2. The molecule has 0 aliphatic heterocycles. The van der Waals surface area contributed by atoms with Crippen LogP contribution in [0.15, 0.2) is 30.3 Å². The van der Waals surface area contributed by atoms with Gasteiger partial charge in [-0.3, -0.25) is 0 Å². The molecule has 1 aromatic rings. The number of hydrogen-bond acceptors (Lipinski definition) is 2. The smallest absolute Gasteiger partial charge is 0.120 e. The third kappa shape index (κ3) is 6.32. The summed E-state index contributed by atoms with van der Waals surface area (Å²) in [6.45, 7) is 11.1. The Kier molecular flexibility index (Phi) is 4.58. The third-order valence-corrected chi connectivity index (χ3v) is 2.38. The Hall–Kier alpha value is -1.02. The summed E-state index contributed by atoms with van der Waals surface area (Å²) in [5.41, 5.74) is -0.282. The monoisotopic (exact) mass is 236 g/mol. The zero-order valence-electron chi connectivity index (χ0n) is 11.6. The normalized spacial score (nSPS) is 12.5. The molecule has 17 heavy (non-hydrogen) atoms. The fraction of sp³-hybridized carbons (Fsp3) is 0.600. The molecule has 0 aromatic heterocycles. The van der Waals surface area contributed by atoms with E-state index in [4.69, 9.17) is 9.47 Å². The molecule has 0 bridgehead atoms. The largest absolute Gasteiger partial charge is 0.488 e. The summed E-state index contributed by atoms with van der Waals surface area (Å²) >= 11 is 0. The zero-order chi connectivity index (χ0) is 12.9. The molecule has 0 saturated heterocycles. The van der Waals surface area contributed by atoms with E-state index in [1.807, 2.05) is 30.3 Å². The lowest BCUT2D eigenvalue weighted by atomic mass is 10.1. The van der Waals surface area contributed by atoms with Crippen molar-refractivity contribution in [2.45, 2.75) is 52.2 Å². The highest BCUT2D eigenvalue weighted by Crippen LogP contribution is 2.21. The highest BCUT2D eigenvalue weighted by molar-refractivity contribution is 5.21. The summed E-state index contributed by atoms with van der Waals surface area (Å²) in [6, 6.07) is 9.91. The van der Waals surface area contributed by atoms with Crippen LogP contribution >= 0.6 is 0 Å². The Labute approximate surface area is 105 Å². The van der Waals surface area contributed by atoms with E-state index in [0.29, 0.717) is 6.61 Å². The summed E-state index contributed by atoms with van der Waals surface area (Å²) in [5, 5.41) is 0. The number of rotatable bonds is 5. The minimum Gasteiger partial charge on any atom is -0.488 e. The average molecular weight is 236 g/mol. The molecule has 0 amide bonds. The number of hydrogen-bond donors (Lipinski definition) is 0. The van der Waals surface area contributed by atoms with E-state index in [2.05, 4.69) is 34.6 Å². The maximum atomic E-state index is 5.94. The molecule has 0 unspecified atom stereocenters. The van der Waals surface area contributed by atoms with Crippen LogP contribution in [0.1, 0.15) is 41.0 Å². The number of para-hydroxylation sites is 1. The van der Waals surface area contributed by atoms with E-state index in [-0.39, 0.29) is 11.2 Å². The van der Waals surface area contributed by atoms with Crippen molar-refractivity contribution in [3.05, 3.63) is 30.3 Å². The Morgan fingerprint density at radius 1 is 0.941 bits per heavy atom. The van der Waals surface area contributed by atoms with E-state index in [1.165, 1.54) is 0 Å². The maximum absolute atomic E-state index is 5.94. The van der Waals surface area contributed by atoms with Crippen LogP contribution in [-0.4, -0.2) is 17.8 Å². The molecule has 0 aliphatic rings. The van der Waals surface area contributed by atoms with Crippen LogP contribution in [0.3, 0.4) is 0 Å². The Bertz CT molecular complexity index is 323. The van der Waals surface area contributed by atoms with E-state index >= 15 is 0 Å². The van der Waals surface area contributed by atoms with Gasteiger partial charge >= 0.3 is 0 Å². The van der Waals surface area contributed by atoms with Gasteiger partial charge in [-0.2, -0.15) is 0 Å². The minimum atomic E-state index is -0.202. The molecule has 2 heteroatoms. The van der Waals surface area contributed by atoms with Gasteiger partial charge in [0.1, 0.15) is 11.4 Å². The van der Waals surface area contributed by atoms with Gasteiger partial charge in [0.05, 0.1) is 12.2 Å². The lowest BCUT2D eigenvalue weighted by molar-refractivity contribution is -0.0292. The molecule has 0 saturated carbocycles. The van der Waals surface area contributed by atoms with E-state index < -0.39 is 0 Å². The predicted molar refractivity (Wildman–Crippen MR) is 71.5 cm³/mol. The van der Waals surface area contributed by atoms with E-state index in [9.17, 15) is 0 Å². The van der Waals surface area contributed by atoms with Crippen LogP contribution in [0.2, 0.25) is 0 Å². The topological polar surface area (TPSA) is 18.5 Å². The second-order valence-corrected chi connectivity index (χ2v) is 5.89. The lowest BCUT2D eigenvalue weighted by Gasteiger charge is -2.28. The third-order valence-electron chi connectivity index (χ3n) is 2.38. The molecule has 1 aromatic carbocycles. The van der Waals surface area contributed by atoms with Gasteiger partial charge in [-0.05, 0) is 46.8 Å². The summed E-state index contributed by atoms with van der Waals surface area (Å²) < 4.78 is 11.7.